The maximum atomic E-state index is 11.4. The maximum absolute atomic E-state index is 11.4. The quantitative estimate of drug-likeness (QED) is 0.737. The highest BCUT2D eigenvalue weighted by Gasteiger charge is 2.45. The van der Waals surface area contributed by atoms with Crippen LogP contribution in [0.1, 0.15) is 52.9 Å². The third kappa shape index (κ3) is 2.71. The Labute approximate surface area is 92.3 Å². The van der Waals surface area contributed by atoms with Crippen molar-refractivity contribution in [3.05, 3.63) is 0 Å². The number of carboxylic acids is 1. The third-order valence-electron chi connectivity index (χ3n) is 3.74. The van der Waals surface area contributed by atoms with Gasteiger partial charge in [0.25, 0.3) is 0 Å². The summed E-state index contributed by atoms with van der Waals surface area (Å²) in [6, 6.07) is 0.289. The lowest BCUT2D eigenvalue weighted by Gasteiger charge is -2.29. The predicted octanol–water partition coefficient (Wildman–Crippen LogP) is 2.41. The van der Waals surface area contributed by atoms with E-state index in [1.807, 2.05) is 0 Å². The van der Waals surface area contributed by atoms with Gasteiger partial charge in [0.1, 0.15) is 5.54 Å². The normalized spacial score (nSPS) is 32.9. The summed E-state index contributed by atoms with van der Waals surface area (Å²) in [7, 11) is 0. The van der Waals surface area contributed by atoms with Crippen molar-refractivity contribution in [1.29, 1.82) is 0 Å². The van der Waals surface area contributed by atoms with Crippen molar-refractivity contribution in [1.82, 2.24) is 5.32 Å². The predicted molar refractivity (Wildman–Crippen MR) is 60.9 cm³/mol. The Morgan fingerprint density at radius 3 is 2.67 bits per heavy atom. The molecule has 0 radical (unpaired) electrons. The van der Waals surface area contributed by atoms with Crippen LogP contribution in [0.4, 0.5) is 0 Å². The van der Waals surface area contributed by atoms with Crippen LogP contribution >= 0.6 is 0 Å². The average Bonchev–Trinajstić information content (AvgIpc) is 2.62. The van der Waals surface area contributed by atoms with Gasteiger partial charge in [-0.25, -0.2) is 0 Å². The summed E-state index contributed by atoms with van der Waals surface area (Å²) >= 11 is 0. The van der Waals surface area contributed by atoms with Crippen LogP contribution in [0.2, 0.25) is 0 Å². The highest BCUT2D eigenvalue weighted by molar-refractivity contribution is 5.79. The van der Waals surface area contributed by atoms with E-state index in [0.717, 1.165) is 32.1 Å². The molecule has 0 spiro atoms. The fourth-order valence-electron chi connectivity index (χ4n) is 2.46. The van der Waals surface area contributed by atoms with Gasteiger partial charge in [-0.05, 0) is 38.5 Å². The molecule has 0 aliphatic heterocycles. The van der Waals surface area contributed by atoms with Crippen LogP contribution in [0.5, 0.6) is 0 Å². The smallest absolute Gasteiger partial charge is 0.323 e. The van der Waals surface area contributed by atoms with Crippen LogP contribution in [-0.2, 0) is 4.79 Å². The van der Waals surface area contributed by atoms with Gasteiger partial charge >= 0.3 is 5.97 Å². The van der Waals surface area contributed by atoms with Gasteiger partial charge < -0.3 is 5.11 Å². The molecule has 1 fully saturated rings. The molecule has 88 valence electrons. The Balaban J connectivity index is 2.69. The molecule has 3 unspecified atom stereocenters. The van der Waals surface area contributed by atoms with Gasteiger partial charge in [-0.2, -0.15) is 0 Å². The molecule has 3 atom stereocenters. The van der Waals surface area contributed by atoms with E-state index >= 15 is 0 Å². The molecule has 3 heteroatoms. The molecule has 0 aromatic rings. The Kier molecular flexibility index (Phi) is 4.14. The van der Waals surface area contributed by atoms with Gasteiger partial charge in [0.15, 0.2) is 0 Å². The zero-order valence-electron chi connectivity index (χ0n) is 10.0. The number of rotatable bonds is 5. The first-order valence-electron chi connectivity index (χ1n) is 6.05. The van der Waals surface area contributed by atoms with E-state index in [0.29, 0.717) is 5.92 Å². The topological polar surface area (TPSA) is 49.3 Å². The van der Waals surface area contributed by atoms with Crippen LogP contribution < -0.4 is 5.32 Å². The molecule has 0 aromatic heterocycles. The van der Waals surface area contributed by atoms with E-state index in [1.54, 1.807) is 0 Å². The average molecular weight is 213 g/mol. The zero-order chi connectivity index (χ0) is 11.5. The second kappa shape index (κ2) is 4.97. The summed E-state index contributed by atoms with van der Waals surface area (Å²) in [5.41, 5.74) is -0.643. The first-order valence-corrected chi connectivity index (χ1v) is 6.05. The van der Waals surface area contributed by atoms with Crippen molar-refractivity contribution < 1.29 is 9.90 Å². The molecule has 1 aliphatic carbocycles. The number of hydrogen-bond donors (Lipinski definition) is 2. The minimum atomic E-state index is -0.668. The van der Waals surface area contributed by atoms with Gasteiger partial charge in [-0.1, -0.05) is 20.3 Å². The summed E-state index contributed by atoms with van der Waals surface area (Å²) in [5, 5.41) is 12.7. The molecule has 0 heterocycles. The lowest BCUT2D eigenvalue weighted by Crippen LogP contribution is -2.53. The Morgan fingerprint density at radius 1 is 1.60 bits per heavy atom. The van der Waals surface area contributed by atoms with E-state index in [4.69, 9.17) is 0 Å². The fraction of sp³-hybridized carbons (Fsp3) is 0.917. The highest BCUT2D eigenvalue weighted by Crippen LogP contribution is 2.37. The second-order valence-corrected chi connectivity index (χ2v) is 4.86. The standard InChI is InChI=1S/C12H23NO2/c1-4-9(3)13-12(11(14)15)7-6-10(5-2)8-12/h9-10,13H,4-8H2,1-3H3,(H,14,15). The molecule has 2 N–H and O–H groups in total. The first kappa shape index (κ1) is 12.5. The van der Waals surface area contributed by atoms with E-state index in [2.05, 4.69) is 26.1 Å². The van der Waals surface area contributed by atoms with E-state index < -0.39 is 11.5 Å². The van der Waals surface area contributed by atoms with Crippen molar-refractivity contribution in [2.24, 2.45) is 5.92 Å². The summed E-state index contributed by atoms with van der Waals surface area (Å²) in [6.07, 6.45) is 4.70. The molecule has 1 rings (SSSR count). The summed E-state index contributed by atoms with van der Waals surface area (Å²) in [4.78, 5) is 11.4. The van der Waals surface area contributed by atoms with Gasteiger partial charge in [-0.15, -0.1) is 0 Å². The minimum Gasteiger partial charge on any atom is -0.480 e. The van der Waals surface area contributed by atoms with Crippen molar-refractivity contribution >= 4 is 5.97 Å². The largest absolute Gasteiger partial charge is 0.480 e. The lowest BCUT2D eigenvalue weighted by molar-refractivity contribution is -0.145. The summed E-state index contributed by atoms with van der Waals surface area (Å²) < 4.78 is 0. The monoisotopic (exact) mass is 213 g/mol. The van der Waals surface area contributed by atoms with Crippen molar-refractivity contribution in [3.63, 3.8) is 0 Å². The van der Waals surface area contributed by atoms with Crippen LogP contribution in [0.15, 0.2) is 0 Å². The number of aliphatic carboxylic acids is 1. The number of hydrogen-bond acceptors (Lipinski definition) is 2. The summed E-state index contributed by atoms with van der Waals surface area (Å²) in [5.74, 6) is -0.0867. The van der Waals surface area contributed by atoms with E-state index in [1.165, 1.54) is 0 Å². The Bertz CT molecular complexity index is 230. The number of carboxylic acid groups (broad SMARTS) is 1. The highest BCUT2D eigenvalue weighted by atomic mass is 16.4. The second-order valence-electron chi connectivity index (χ2n) is 4.86. The van der Waals surface area contributed by atoms with Crippen LogP contribution in [0, 0.1) is 5.92 Å². The molecular formula is C12H23NO2. The van der Waals surface area contributed by atoms with Crippen molar-refractivity contribution in [3.8, 4) is 0 Å². The van der Waals surface area contributed by atoms with Crippen LogP contribution in [0.25, 0.3) is 0 Å². The molecule has 15 heavy (non-hydrogen) atoms. The SMILES string of the molecule is CCC1CCC(NC(C)CC)(C(=O)O)C1. The van der Waals surface area contributed by atoms with Gasteiger partial charge in [0, 0.05) is 6.04 Å². The maximum Gasteiger partial charge on any atom is 0.323 e. The molecule has 1 saturated carbocycles. The summed E-state index contributed by atoms with van der Waals surface area (Å²) in [6.45, 7) is 6.29. The lowest BCUT2D eigenvalue weighted by atomic mass is 9.93. The molecular weight excluding hydrogens is 190 g/mol. The first-order chi connectivity index (χ1) is 7.04. The molecule has 0 bridgehead atoms. The van der Waals surface area contributed by atoms with Crippen LogP contribution in [0.3, 0.4) is 0 Å². The Morgan fingerprint density at radius 2 is 2.27 bits per heavy atom. The molecule has 0 amide bonds. The number of carbonyl (C=O) groups is 1. The number of nitrogens with one attached hydrogen (secondary N) is 1. The molecule has 0 aromatic carbocycles. The molecule has 1 aliphatic rings. The zero-order valence-corrected chi connectivity index (χ0v) is 10.0. The molecule has 0 saturated heterocycles. The van der Waals surface area contributed by atoms with Gasteiger partial charge in [0.2, 0.25) is 0 Å². The van der Waals surface area contributed by atoms with Crippen molar-refractivity contribution in [2.45, 2.75) is 64.5 Å². The van der Waals surface area contributed by atoms with Gasteiger partial charge in [-0.3, -0.25) is 10.1 Å². The minimum absolute atomic E-state index is 0.289. The molecule has 3 nitrogen and oxygen atoms in total. The fourth-order valence-corrected chi connectivity index (χ4v) is 2.46. The third-order valence-corrected chi connectivity index (χ3v) is 3.74. The van der Waals surface area contributed by atoms with Crippen LogP contribution in [-0.4, -0.2) is 22.7 Å². The Hall–Kier alpha value is -0.570. The van der Waals surface area contributed by atoms with Gasteiger partial charge in [0.05, 0.1) is 0 Å². The van der Waals surface area contributed by atoms with Crippen molar-refractivity contribution in [2.75, 3.05) is 0 Å². The van der Waals surface area contributed by atoms with E-state index in [9.17, 15) is 9.90 Å². The van der Waals surface area contributed by atoms with E-state index in [-0.39, 0.29) is 6.04 Å².